The topological polar surface area (TPSA) is 21.3 Å². The normalized spacial score (nSPS) is 11.4. The van der Waals surface area contributed by atoms with Crippen molar-refractivity contribution < 1.29 is 4.43 Å². The number of anilines is 1. The highest BCUT2D eigenvalue weighted by molar-refractivity contribution is 7.80. The van der Waals surface area contributed by atoms with E-state index < -0.39 is 16.2 Å². The summed E-state index contributed by atoms with van der Waals surface area (Å²) in [4.78, 5) is 0. The predicted molar refractivity (Wildman–Crippen MR) is 119 cm³/mol. The smallest absolute Gasteiger partial charge is 0.242 e. The summed E-state index contributed by atoms with van der Waals surface area (Å²) in [5.41, 5.74) is 1.16. The molecule has 1 N–H and O–H groups in total. The van der Waals surface area contributed by atoms with Crippen LogP contribution in [0.15, 0.2) is 78.9 Å². The molecule has 3 rings (SSSR count). The third-order valence-corrected chi connectivity index (χ3v) is 7.26. The van der Waals surface area contributed by atoms with E-state index in [1.54, 1.807) is 0 Å². The van der Waals surface area contributed by atoms with Gasteiger partial charge in [0.05, 0.1) is 0 Å². The van der Waals surface area contributed by atoms with Crippen LogP contribution in [0.5, 0.6) is 5.75 Å². The lowest BCUT2D eigenvalue weighted by molar-refractivity contribution is 0.558. The molecule has 0 heterocycles. The molecular formula is C22H26NOPSi. The van der Waals surface area contributed by atoms with Crippen LogP contribution in [-0.2, 0) is 0 Å². The molecular weight excluding hydrogens is 353 g/mol. The van der Waals surface area contributed by atoms with E-state index in [1.807, 2.05) is 7.05 Å². The highest BCUT2D eigenvalue weighted by Gasteiger charge is 2.22. The molecule has 3 aromatic carbocycles. The van der Waals surface area contributed by atoms with Crippen LogP contribution in [0, 0.1) is 0 Å². The van der Waals surface area contributed by atoms with Crippen LogP contribution in [0.4, 0.5) is 5.69 Å². The Hall–Kier alpha value is -2.09. The predicted octanol–water partition coefficient (Wildman–Crippen LogP) is 4.70. The summed E-state index contributed by atoms with van der Waals surface area (Å²) in [5.74, 6) is 0.970. The zero-order valence-corrected chi connectivity index (χ0v) is 17.8. The van der Waals surface area contributed by atoms with Crippen molar-refractivity contribution in [2.75, 3.05) is 12.4 Å². The van der Waals surface area contributed by atoms with Gasteiger partial charge in [-0.15, -0.1) is 0 Å². The highest BCUT2D eigenvalue weighted by Crippen LogP contribution is 2.37. The van der Waals surface area contributed by atoms with Crippen LogP contribution in [0.3, 0.4) is 0 Å². The SMILES string of the molecule is CNc1ccc(O[Si](C)(C)C)cc1P(c1ccccc1)c1ccccc1. The molecule has 0 saturated carbocycles. The fraction of sp³-hybridized carbons (Fsp3) is 0.182. The Morgan fingerprint density at radius 1 is 0.769 bits per heavy atom. The molecule has 0 bridgehead atoms. The Balaban J connectivity index is 2.15. The van der Waals surface area contributed by atoms with Crippen molar-refractivity contribution in [2.24, 2.45) is 0 Å². The Bertz CT molecular complexity index is 808. The summed E-state index contributed by atoms with van der Waals surface area (Å²) in [6, 6.07) is 28.0. The quantitative estimate of drug-likeness (QED) is 0.495. The van der Waals surface area contributed by atoms with Gasteiger partial charge in [0.2, 0.25) is 8.32 Å². The molecule has 134 valence electrons. The maximum Gasteiger partial charge on any atom is 0.242 e. The monoisotopic (exact) mass is 379 g/mol. The molecule has 0 fully saturated rings. The zero-order valence-electron chi connectivity index (χ0n) is 15.9. The average molecular weight is 380 g/mol. The van der Waals surface area contributed by atoms with Gasteiger partial charge in [-0.3, -0.25) is 0 Å². The van der Waals surface area contributed by atoms with Crippen LogP contribution >= 0.6 is 7.92 Å². The fourth-order valence-electron chi connectivity index (χ4n) is 2.91. The first kappa shape index (κ1) is 18.7. The fourth-order valence-corrected chi connectivity index (χ4v) is 6.22. The van der Waals surface area contributed by atoms with Crippen molar-refractivity contribution >= 4 is 37.8 Å². The first-order valence-corrected chi connectivity index (χ1v) is 13.6. The first-order valence-electron chi connectivity index (χ1n) is 8.89. The number of hydrogen-bond donors (Lipinski definition) is 1. The Morgan fingerprint density at radius 3 is 1.77 bits per heavy atom. The second-order valence-corrected chi connectivity index (χ2v) is 13.8. The van der Waals surface area contributed by atoms with E-state index in [1.165, 1.54) is 15.9 Å². The largest absolute Gasteiger partial charge is 0.544 e. The molecule has 0 aromatic heterocycles. The van der Waals surface area contributed by atoms with Crippen LogP contribution in [-0.4, -0.2) is 15.4 Å². The van der Waals surface area contributed by atoms with Crippen LogP contribution in [0.2, 0.25) is 19.6 Å². The maximum absolute atomic E-state index is 6.29. The van der Waals surface area contributed by atoms with E-state index >= 15 is 0 Å². The highest BCUT2D eigenvalue weighted by atomic mass is 31.1. The minimum absolute atomic E-state index is 0.657. The summed E-state index contributed by atoms with van der Waals surface area (Å²) in [6.07, 6.45) is 0. The molecule has 2 nitrogen and oxygen atoms in total. The van der Waals surface area contributed by atoms with Crippen LogP contribution < -0.4 is 25.7 Å². The minimum atomic E-state index is -1.66. The van der Waals surface area contributed by atoms with E-state index in [9.17, 15) is 0 Å². The third kappa shape index (κ3) is 4.54. The molecule has 0 radical (unpaired) electrons. The molecule has 3 aromatic rings. The zero-order chi connectivity index (χ0) is 18.6. The van der Waals surface area contributed by atoms with Crippen molar-refractivity contribution in [3.63, 3.8) is 0 Å². The van der Waals surface area contributed by atoms with Crippen molar-refractivity contribution in [1.82, 2.24) is 0 Å². The molecule has 0 saturated heterocycles. The summed E-state index contributed by atoms with van der Waals surface area (Å²) in [5, 5.41) is 7.36. The number of nitrogens with one attached hydrogen (secondary N) is 1. The standard InChI is InChI=1S/C22H26NOPSi/c1-23-21-16-15-18(24-26(2,3)4)17-22(21)25(19-11-7-5-8-12-19)20-13-9-6-10-14-20/h5-17,23H,1-4H3. The number of hydrogen-bond acceptors (Lipinski definition) is 2. The van der Waals surface area contributed by atoms with Crippen LogP contribution in [0.25, 0.3) is 0 Å². The van der Waals surface area contributed by atoms with Gasteiger partial charge in [-0.25, -0.2) is 0 Å². The first-order chi connectivity index (χ1) is 12.5. The Morgan fingerprint density at radius 2 is 1.31 bits per heavy atom. The lowest BCUT2D eigenvalue weighted by atomic mass is 10.3. The Kier molecular flexibility index (Phi) is 5.80. The van der Waals surface area contributed by atoms with Crippen LogP contribution in [0.1, 0.15) is 0 Å². The molecule has 26 heavy (non-hydrogen) atoms. The number of benzene rings is 3. The van der Waals surface area contributed by atoms with Gasteiger partial charge < -0.3 is 9.74 Å². The molecule has 0 unspecified atom stereocenters. The van der Waals surface area contributed by atoms with E-state index in [2.05, 4.69) is 104 Å². The van der Waals surface area contributed by atoms with Gasteiger partial charge in [0.1, 0.15) is 5.75 Å². The Labute approximate surface area is 159 Å². The van der Waals surface area contributed by atoms with Gasteiger partial charge in [0.25, 0.3) is 0 Å². The van der Waals surface area contributed by atoms with Gasteiger partial charge >= 0.3 is 0 Å². The van der Waals surface area contributed by atoms with Gasteiger partial charge in [0.15, 0.2) is 0 Å². The molecule has 0 aliphatic heterocycles. The molecule has 0 spiro atoms. The molecule has 0 aliphatic rings. The van der Waals surface area contributed by atoms with Gasteiger partial charge in [0, 0.05) is 18.0 Å². The van der Waals surface area contributed by atoms with Gasteiger partial charge in [-0.05, 0) is 56.4 Å². The maximum atomic E-state index is 6.29. The van der Waals surface area contributed by atoms with Crippen molar-refractivity contribution in [2.45, 2.75) is 19.6 Å². The van der Waals surface area contributed by atoms with E-state index in [0.717, 1.165) is 11.4 Å². The molecule has 0 amide bonds. The molecule has 4 heteroatoms. The van der Waals surface area contributed by atoms with Gasteiger partial charge in [-0.2, -0.15) is 0 Å². The number of rotatable bonds is 6. The lowest BCUT2D eigenvalue weighted by Gasteiger charge is -2.25. The van der Waals surface area contributed by atoms with Gasteiger partial charge in [-0.1, -0.05) is 60.7 Å². The minimum Gasteiger partial charge on any atom is -0.544 e. The second kappa shape index (κ2) is 8.07. The van der Waals surface area contributed by atoms with E-state index in [0.29, 0.717) is 0 Å². The lowest BCUT2D eigenvalue weighted by Crippen LogP contribution is -2.30. The van der Waals surface area contributed by atoms with Crippen molar-refractivity contribution in [3.05, 3.63) is 78.9 Å². The molecule has 0 atom stereocenters. The average Bonchev–Trinajstić information content (AvgIpc) is 2.63. The summed E-state index contributed by atoms with van der Waals surface area (Å²) < 4.78 is 6.29. The third-order valence-electron chi connectivity index (χ3n) is 3.93. The second-order valence-electron chi connectivity index (χ2n) is 7.15. The van der Waals surface area contributed by atoms with Crippen molar-refractivity contribution in [1.29, 1.82) is 0 Å². The summed E-state index contributed by atoms with van der Waals surface area (Å²) in [6.45, 7) is 6.65. The summed E-state index contributed by atoms with van der Waals surface area (Å²) >= 11 is 0. The van der Waals surface area contributed by atoms with E-state index in [-0.39, 0.29) is 0 Å². The molecule has 0 aliphatic carbocycles. The van der Waals surface area contributed by atoms with E-state index in [4.69, 9.17) is 4.43 Å². The van der Waals surface area contributed by atoms with Crippen molar-refractivity contribution in [3.8, 4) is 5.75 Å². The summed E-state index contributed by atoms with van der Waals surface area (Å²) in [7, 11) is -0.325.